The molecule has 2 aromatic carbocycles. The van der Waals surface area contributed by atoms with Gasteiger partial charge in [0.15, 0.2) is 0 Å². The molecule has 0 spiro atoms. The number of hydrogen-bond acceptors (Lipinski definition) is 4. The molecule has 2 N–H and O–H groups in total. The Bertz CT molecular complexity index is 864. The first kappa shape index (κ1) is 17.5. The molecule has 0 saturated heterocycles. The Morgan fingerprint density at radius 3 is 2.35 bits per heavy atom. The van der Waals surface area contributed by atoms with Gasteiger partial charge in [0, 0.05) is 23.6 Å². The van der Waals surface area contributed by atoms with Crippen LogP contribution in [0.15, 0.2) is 72.9 Å². The van der Waals surface area contributed by atoms with Gasteiger partial charge in [-0.15, -0.1) is 0 Å². The van der Waals surface area contributed by atoms with Crippen molar-refractivity contribution in [2.75, 3.05) is 17.7 Å². The molecule has 0 radical (unpaired) electrons. The summed E-state index contributed by atoms with van der Waals surface area (Å²) in [6.07, 6.45) is 1.59. The molecule has 3 rings (SSSR count). The van der Waals surface area contributed by atoms with Crippen molar-refractivity contribution in [1.82, 2.24) is 4.98 Å². The molecule has 5 nitrogen and oxygen atoms in total. The lowest BCUT2D eigenvalue weighted by Crippen LogP contribution is -2.13. The van der Waals surface area contributed by atoms with E-state index in [0.717, 1.165) is 5.69 Å². The Morgan fingerprint density at radius 2 is 1.65 bits per heavy atom. The number of anilines is 2. The van der Waals surface area contributed by atoms with E-state index in [9.17, 15) is 4.79 Å². The van der Waals surface area contributed by atoms with E-state index in [1.54, 1.807) is 18.3 Å². The summed E-state index contributed by atoms with van der Waals surface area (Å²) in [5.74, 6) is 0.0493. The fourth-order valence-corrected chi connectivity index (χ4v) is 2.65. The number of amides is 1. The zero-order chi connectivity index (χ0) is 18.4. The fourth-order valence-electron chi connectivity index (χ4n) is 2.65. The molecule has 0 aliphatic heterocycles. The third-order valence-corrected chi connectivity index (χ3v) is 4.03. The number of benzene rings is 2. The molecule has 0 aliphatic rings. The molecule has 5 heteroatoms. The lowest BCUT2D eigenvalue weighted by Gasteiger charge is -2.16. The van der Waals surface area contributed by atoms with Crippen molar-refractivity contribution >= 4 is 17.3 Å². The van der Waals surface area contributed by atoms with Gasteiger partial charge in [-0.25, -0.2) is 4.98 Å². The van der Waals surface area contributed by atoms with Gasteiger partial charge in [0.2, 0.25) is 5.88 Å². The van der Waals surface area contributed by atoms with Crippen molar-refractivity contribution < 1.29 is 9.53 Å². The zero-order valence-electron chi connectivity index (χ0n) is 14.8. The number of aromatic nitrogens is 1. The van der Waals surface area contributed by atoms with E-state index in [2.05, 4.69) is 34.7 Å². The highest BCUT2D eigenvalue weighted by Crippen LogP contribution is 2.22. The van der Waals surface area contributed by atoms with Crippen molar-refractivity contribution in [1.29, 1.82) is 0 Å². The number of hydrogen-bond donors (Lipinski definition) is 2. The van der Waals surface area contributed by atoms with Gasteiger partial charge in [-0.2, -0.15) is 0 Å². The summed E-state index contributed by atoms with van der Waals surface area (Å²) in [6, 6.07) is 21.4. The van der Waals surface area contributed by atoms with Crippen LogP contribution in [-0.2, 0) is 0 Å². The third kappa shape index (κ3) is 4.19. The molecule has 0 bridgehead atoms. The first-order chi connectivity index (χ1) is 12.7. The molecule has 3 aromatic rings. The highest BCUT2D eigenvalue weighted by molar-refractivity contribution is 6.05. The molecule has 1 aromatic heterocycles. The van der Waals surface area contributed by atoms with Crippen LogP contribution < -0.4 is 15.4 Å². The largest absolute Gasteiger partial charge is 0.480 e. The maximum Gasteiger partial charge on any atom is 0.261 e. The average Bonchev–Trinajstić information content (AvgIpc) is 2.70. The van der Waals surface area contributed by atoms with Crippen molar-refractivity contribution in [3.63, 3.8) is 0 Å². The predicted octanol–water partition coefficient (Wildman–Crippen LogP) is 4.52. The van der Waals surface area contributed by atoms with Crippen LogP contribution in [0, 0.1) is 0 Å². The number of carbonyl (C=O) groups is 1. The normalized spacial score (nSPS) is 11.5. The molecule has 1 amide bonds. The van der Waals surface area contributed by atoms with Crippen LogP contribution in [0.2, 0.25) is 0 Å². The van der Waals surface area contributed by atoms with Gasteiger partial charge in [-0.05, 0) is 48.9 Å². The molecule has 1 atom stereocenters. The Morgan fingerprint density at radius 1 is 0.962 bits per heavy atom. The van der Waals surface area contributed by atoms with E-state index in [0.29, 0.717) is 17.1 Å². The average molecular weight is 347 g/mol. The quantitative estimate of drug-likeness (QED) is 0.688. The zero-order valence-corrected chi connectivity index (χ0v) is 14.8. The Balaban J connectivity index is 1.65. The van der Waals surface area contributed by atoms with E-state index in [-0.39, 0.29) is 11.9 Å². The summed E-state index contributed by atoms with van der Waals surface area (Å²) in [5.41, 5.74) is 3.31. The Labute approximate surface area is 153 Å². The SMILES string of the molecule is COc1ncccc1C(=O)Nc1ccc(NC(C)c2ccccc2)cc1. The van der Waals surface area contributed by atoms with Crippen LogP contribution in [0.1, 0.15) is 28.9 Å². The lowest BCUT2D eigenvalue weighted by atomic mass is 10.1. The van der Waals surface area contributed by atoms with Gasteiger partial charge in [0.05, 0.1) is 7.11 Å². The van der Waals surface area contributed by atoms with Crippen LogP contribution >= 0.6 is 0 Å². The molecule has 132 valence electrons. The predicted molar refractivity (Wildman–Crippen MR) is 104 cm³/mol. The number of ether oxygens (including phenoxy) is 1. The lowest BCUT2D eigenvalue weighted by molar-refractivity contribution is 0.102. The highest BCUT2D eigenvalue weighted by atomic mass is 16.5. The van der Waals surface area contributed by atoms with E-state index in [1.165, 1.54) is 12.7 Å². The first-order valence-corrected chi connectivity index (χ1v) is 8.39. The smallest absolute Gasteiger partial charge is 0.261 e. The number of nitrogens with one attached hydrogen (secondary N) is 2. The van der Waals surface area contributed by atoms with E-state index < -0.39 is 0 Å². The molecular formula is C21H21N3O2. The summed E-state index contributed by atoms with van der Waals surface area (Å²) in [6.45, 7) is 2.11. The standard InChI is InChI=1S/C21H21N3O2/c1-15(16-7-4-3-5-8-16)23-17-10-12-18(13-11-17)24-20(25)19-9-6-14-22-21(19)26-2/h3-15,23H,1-2H3,(H,24,25). The second-order valence-corrected chi connectivity index (χ2v) is 5.87. The second-order valence-electron chi connectivity index (χ2n) is 5.87. The number of carbonyl (C=O) groups excluding carboxylic acids is 1. The maximum absolute atomic E-state index is 12.4. The van der Waals surface area contributed by atoms with Gasteiger partial charge in [-0.1, -0.05) is 30.3 Å². The molecule has 26 heavy (non-hydrogen) atoms. The van der Waals surface area contributed by atoms with Crippen molar-refractivity contribution in [3.8, 4) is 5.88 Å². The van der Waals surface area contributed by atoms with Crippen LogP contribution in [0.25, 0.3) is 0 Å². The van der Waals surface area contributed by atoms with Crippen LogP contribution in [-0.4, -0.2) is 18.0 Å². The summed E-state index contributed by atoms with van der Waals surface area (Å²) in [7, 11) is 1.49. The first-order valence-electron chi connectivity index (χ1n) is 8.39. The van der Waals surface area contributed by atoms with Gasteiger partial charge in [0.25, 0.3) is 5.91 Å². The van der Waals surface area contributed by atoms with Crippen LogP contribution in [0.4, 0.5) is 11.4 Å². The van der Waals surface area contributed by atoms with E-state index in [4.69, 9.17) is 4.74 Å². The van der Waals surface area contributed by atoms with E-state index >= 15 is 0 Å². The van der Waals surface area contributed by atoms with Crippen molar-refractivity contribution in [2.45, 2.75) is 13.0 Å². The minimum Gasteiger partial charge on any atom is -0.480 e. The highest BCUT2D eigenvalue weighted by Gasteiger charge is 2.13. The van der Waals surface area contributed by atoms with Gasteiger partial charge in [-0.3, -0.25) is 4.79 Å². The minimum atomic E-state index is -0.256. The number of pyridine rings is 1. The number of nitrogens with zero attached hydrogens (tertiary/aromatic N) is 1. The van der Waals surface area contributed by atoms with Gasteiger partial charge < -0.3 is 15.4 Å². The molecule has 1 unspecified atom stereocenters. The molecule has 0 fully saturated rings. The molecule has 0 aliphatic carbocycles. The van der Waals surface area contributed by atoms with Crippen molar-refractivity contribution in [2.24, 2.45) is 0 Å². The molecule has 1 heterocycles. The summed E-state index contributed by atoms with van der Waals surface area (Å²) in [4.78, 5) is 16.4. The van der Waals surface area contributed by atoms with Crippen LogP contribution in [0.3, 0.4) is 0 Å². The van der Waals surface area contributed by atoms with Crippen molar-refractivity contribution in [3.05, 3.63) is 84.1 Å². The van der Waals surface area contributed by atoms with Gasteiger partial charge in [0.1, 0.15) is 5.56 Å². The second kappa shape index (κ2) is 8.16. The number of rotatable bonds is 6. The number of methoxy groups -OCH3 is 1. The third-order valence-electron chi connectivity index (χ3n) is 4.03. The van der Waals surface area contributed by atoms with E-state index in [1.807, 2.05) is 42.5 Å². The van der Waals surface area contributed by atoms with Gasteiger partial charge >= 0.3 is 0 Å². The summed E-state index contributed by atoms with van der Waals surface area (Å²) in [5, 5.41) is 6.30. The monoisotopic (exact) mass is 347 g/mol. The maximum atomic E-state index is 12.4. The minimum absolute atomic E-state index is 0.191. The topological polar surface area (TPSA) is 63.2 Å². The molecule has 0 saturated carbocycles. The fraction of sp³-hybridized carbons (Fsp3) is 0.143. The Hall–Kier alpha value is -3.34. The summed E-state index contributed by atoms with van der Waals surface area (Å²) < 4.78 is 5.13. The van der Waals surface area contributed by atoms with Crippen LogP contribution in [0.5, 0.6) is 5.88 Å². The summed E-state index contributed by atoms with van der Waals surface area (Å²) >= 11 is 0. The Kier molecular flexibility index (Phi) is 5.49. The molecular weight excluding hydrogens is 326 g/mol.